The Morgan fingerprint density at radius 3 is 2.58 bits per heavy atom. The van der Waals surface area contributed by atoms with Crippen molar-refractivity contribution in [2.75, 3.05) is 11.1 Å². The highest BCUT2D eigenvalue weighted by Crippen LogP contribution is 2.22. The second kappa shape index (κ2) is 5.44. The molecule has 0 radical (unpaired) electrons. The molecule has 98 valence electrons. The minimum atomic E-state index is 0.651. The number of anilines is 2. The molecule has 0 saturated heterocycles. The Balaban J connectivity index is 2.10. The molecule has 0 fully saturated rings. The van der Waals surface area contributed by atoms with Gasteiger partial charge in [0, 0.05) is 13.6 Å². The maximum atomic E-state index is 8.75. The van der Waals surface area contributed by atoms with Gasteiger partial charge in [-0.15, -0.1) is 0 Å². The number of rotatable bonds is 4. The summed E-state index contributed by atoms with van der Waals surface area (Å²) in [6, 6.07) is 9.57. The summed E-state index contributed by atoms with van der Waals surface area (Å²) in [5.41, 5.74) is 9.41. The molecule has 19 heavy (non-hydrogen) atoms. The van der Waals surface area contributed by atoms with E-state index in [1.165, 1.54) is 0 Å². The summed E-state index contributed by atoms with van der Waals surface area (Å²) < 4.78 is 1.76. The zero-order valence-corrected chi connectivity index (χ0v) is 11.1. The third-order valence-electron chi connectivity index (χ3n) is 3.04. The zero-order chi connectivity index (χ0) is 13.8. The molecule has 0 aliphatic carbocycles. The van der Waals surface area contributed by atoms with Gasteiger partial charge in [-0.1, -0.05) is 19.1 Å². The maximum absolute atomic E-state index is 8.75. The third-order valence-corrected chi connectivity index (χ3v) is 3.04. The molecule has 0 aliphatic rings. The molecular weight excluding hydrogens is 238 g/mol. The number of hydrogen-bond acceptors (Lipinski definition) is 4. The van der Waals surface area contributed by atoms with Gasteiger partial charge in [-0.2, -0.15) is 10.4 Å². The predicted molar refractivity (Wildman–Crippen MR) is 75.5 cm³/mol. The van der Waals surface area contributed by atoms with Crippen LogP contribution in [0.25, 0.3) is 0 Å². The Morgan fingerprint density at radius 2 is 2.05 bits per heavy atom. The van der Waals surface area contributed by atoms with E-state index in [2.05, 4.69) is 16.5 Å². The van der Waals surface area contributed by atoms with Gasteiger partial charge in [0.25, 0.3) is 0 Å². The van der Waals surface area contributed by atoms with Gasteiger partial charge >= 0.3 is 0 Å². The standard InChI is InChI=1S/C14H17N5/c1-3-12-13(16)14(19(2)18-12)17-9-11-6-4-10(8-15)5-7-11/h4-7,17H,3,9,16H2,1-2H3. The lowest BCUT2D eigenvalue weighted by Crippen LogP contribution is -2.06. The predicted octanol–water partition coefficient (Wildman–Crippen LogP) is 2.05. The number of nitrogens with one attached hydrogen (secondary N) is 1. The highest BCUT2D eigenvalue weighted by Gasteiger charge is 2.11. The topological polar surface area (TPSA) is 79.7 Å². The Kier molecular flexibility index (Phi) is 3.71. The highest BCUT2D eigenvalue weighted by molar-refractivity contribution is 5.65. The Labute approximate surface area is 112 Å². The van der Waals surface area contributed by atoms with Crippen molar-refractivity contribution in [3.05, 3.63) is 41.1 Å². The van der Waals surface area contributed by atoms with Crippen molar-refractivity contribution < 1.29 is 0 Å². The summed E-state index contributed by atoms with van der Waals surface area (Å²) in [6.07, 6.45) is 0.818. The summed E-state index contributed by atoms with van der Waals surface area (Å²) in [5.74, 6) is 0.834. The van der Waals surface area contributed by atoms with Crippen LogP contribution in [0.15, 0.2) is 24.3 Å². The zero-order valence-electron chi connectivity index (χ0n) is 11.1. The maximum Gasteiger partial charge on any atom is 0.148 e. The molecule has 0 atom stereocenters. The third kappa shape index (κ3) is 2.68. The average Bonchev–Trinajstić information content (AvgIpc) is 2.72. The van der Waals surface area contributed by atoms with Crippen molar-refractivity contribution in [3.63, 3.8) is 0 Å². The first-order chi connectivity index (χ1) is 9.15. The summed E-state index contributed by atoms with van der Waals surface area (Å²) in [6.45, 7) is 2.68. The molecule has 0 aliphatic heterocycles. The molecule has 0 amide bonds. The van der Waals surface area contributed by atoms with Crippen molar-refractivity contribution >= 4 is 11.5 Å². The molecule has 0 bridgehead atoms. The van der Waals surface area contributed by atoms with Crippen molar-refractivity contribution in [1.82, 2.24) is 9.78 Å². The fourth-order valence-electron chi connectivity index (χ4n) is 1.95. The molecule has 0 spiro atoms. The van der Waals surface area contributed by atoms with Gasteiger partial charge in [0.2, 0.25) is 0 Å². The van der Waals surface area contributed by atoms with E-state index in [0.717, 1.165) is 23.5 Å². The molecular formula is C14H17N5. The van der Waals surface area contributed by atoms with Crippen molar-refractivity contribution in [1.29, 1.82) is 5.26 Å². The van der Waals surface area contributed by atoms with Gasteiger partial charge < -0.3 is 11.1 Å². The van der Waals surface area contributed by atoms with Gasteiger partial charge in [0.15, 0.2) is 0 Å². The number of aryl methyl sites for hydroxylation is 2. The van der Waals surface area contributed by atoms with E-state index in [9.17, 15) is 0 Å². The molecule has 3 N–H and O–H groups in total. The molecule has 0 saturated carbocycles. The van der Waals surface area contributed by atoms with E-state index in [4.69, 9.17) is 11.0 Å². The largest absolute Gasteiger partial charge is 0.394 e. The molecule has 1 aromatic heterocycles. The van der Waals surface area contributed by atoms with E-state index in [1.54, 1.807) is 16.8 Å². The second-order valence-corrected chi connectivity index (χ2v) is 4.35. The Morgan fingerprint density at radius 1 is 1.37 bits per heavy atom. The fourth-order valence-corrected chi connectivity index (χ4v) is 1.95. The van der Waals surface area contributed by atoms with E-state index in [1.807, 2.05) is 26.1 Å². The van der Waals surface area contributed by atoms with E-state index < -0.39 is 0 Å². The SMILES string of the molecule is CCc1nn(C)c(NCc2ccc(C#N)cc2)c1N. The summed E-state index contributed by atoms with van der Waals surface area (Å²) >= 11 is 0. The van der Waals surface area contributed by atoms with Crippen LogP contribution in [0.3, 0.4) is 0 Å². The molecule has 5 heteroatoms. The van der Waals surface area contributed by atoms with Crippen LogP contribution in [0.1, 0.15) is 23.7 Å². The van der Waals surface area contributed by atoms with Crippen LogP contribution in [0, 0.1) is 11.3 Å². The molecule has 2 rings (SSSR count). The van der Waals surface area contributed by atoms with Gasteiger partial charge in [-0.05, 0) is 24.1 Å². The second-order valence-electron chi connectivity index (χ2n) is 4.35. The van der Waals surface area contributed by atoms with Crippen LogP contribution in [0.4, 0.5) is 11.5 Å². The fraction of sp³-hybridized carbons (Fsp3) is 0.286. The van der Waals surface area contributed by atoms with Crippen LogP contribution in [0.2, 0.25) is 0 Å². The molecule has 1 aromatic carbocycles. The monoisotopic (exact) mass is 255 g/mol. The summed E-state index contributed by atoms with van der Waals surface area (Å²) in [4.78, 5) is 0. The number of nitrogens with zero attached hydrogens (tertiary/aromatic N) is 3. The smallest absolute Gasteiger partial charge is 0.148 e. The Hall–Kier alpha value is -2.48. The first kappa shape index (κ1) is 13.0. The lowest BCUT2D eigenvalue weighted by Gasteiger charge is -2.07. The van der Waals surface area contributed by atoms with Crippen molar-refractivity contribution in [2.24, 2.45) is 7.05 Å². The number of hydrogen-bond donors (Lipinski definition) is 2. The number of nitrogen functional groups attached to an aromatic ring is 1. The highest BCUT2D eigenvalue weighted by atomic mass is 15.3. The van der Waals surface area contributed by atoms with E-state index in [-0.39, 0.29) is 0 Å². The minimum absolute atomic E-state index is 0.651. The van der Waals surface area contributed by atoms with Crippen LogP contribution >= 0.6 is 0 Å². The van der Waals surface area contributed by atoms with E-state index >= 15 is 0 Å². The lowest BCUT2D eigenvalue weighted by molar-refractivity contribution is 0.747. The first-order valence-electron chi connectivity index (χ1n) is 6.20. The lowest BCUT2D eigenvalue weighted by atomic mass is 10.1. The number of aromatic nitrogens is 2. The number of nitriles is 1. The quantitative estimate of drug-likeness (QED) is 0.876. The summed E-state index contributed by atoms with van der Waals surface area (Å²) in [7, 11) is 1.87. The van der Waals surface area contributed by atoms with Crippen molar-refractivity contribution in [2.45, 2.75) is 19.9 Å². The van der Waals surface area contributed by atoms with Gasteiger partial charge in [-0.25, -0.2) is 0 Å². The van der Waals surface area contributed by atoms with E-state index in [0.29, 0.717) is 17.8 Å². The van der Waals surface area contributed by atoms with Crippen LogP contribution in [-0.2, 0) is 20.0 Å². The van der Waals surface area contributed by atoms with Gasteiger partial charge in [-0.3, -0.25) is 4.68 Å². The summed E-state index contributed by atoms with van der Waals surface area (Å²) in [5, 5.41) is 16.4. The van der Waals surface area contributed by atoms with Gasteiger partial charge in [0.05, 0.1) is 23.0 Å². The van der Waals surface area contributed by atoms with Gasteiger partial charge in [0.1, 0.15) is 5.82 Å². The van der Waals surface area contributed by atoms with Crippen molar-refractivity contribution in [3.8, 4) is 6.07 Å². The molecule has 2 aromatic rings. The number of nitrogens with two attached hydrogens (primary N) is 1. The average molecular weight is 255 g/mol. The van der Waals surface area contributed by atoms with Crippen LogP contribution in [-0.4, -0.2) is 9.78 Å². The molecule has 0 unspecified atom stereocenters. The Bertz CT molecular complexity index is 604. The molecule has 5 nitrogen and oxygen atoms in total. The molecule has 1 heterocycles. The van der Waals surface area contributed by atoms with Crippen LogP contribution in [0.5, 0.6) is 0 Å². The minimum Gasteiger partial charge on any atom is -0.394 e. The first-order valence-corrected chi connectivity index (χ1v) is 6.20. The normalized spacial score (nSPS) is 10.2. The van der Waals surface area contributed by atoms with Crippen LogP contribution < -0.4 is 11.1 Å². The number of benzene rings is 1.